The number of hydrogen-bond acceptors (Lipinski definition) is 2. The lowest BCUT2D eigenvalue weighted by Crippen LogP contribution is -1.92. The van der Waals surface area contributed by atoms with Crippen LogP contribution in [0.5, 0.6) is 0 Å². The van der Waals surface area contributed by atoms with Crippen LogP contribution in [0, 0.1) is 0 Å². The summed E-state index contributed by atoms with van der Waals surface area (Å²) in [6, 6.07) is 22.7. The molecule has 24 heavy (non-hydrogen) atoms. The highest BCUT2D eigenvalue weighted by Crippen LogP contribution is 2.29. The highest BCUT2D eigenvalue weighted by Gasteiger charge is 2.08. The summed E-state index contributed by atoms with van der Waals surface area (Å²) < 4.78 is 2.35. The zero-order chi connectivity index (χ0) is 16.5. The largest absolute Gasteiger partial charge is 0.399 e. The molecule has 4 rings (SSSR count). The minimum Gasteiger partial charge on any atom is -0.399 e. The Hall–Kier alpha value is -3.07. The quantitative estimate of drug-likeness (QED) is 0.412. The van der Waals surface area contributed by atoms with Gasteiger partial charge in [-0.1, -0.05) is 24.3 Å². The lowest BCUT2D eigenvalue weighted by Gasteiger charge is -2.02. The second-order valence-corrected chi connectivity index (χ2v) is 5.89. The molecule has 0 radical (unpaired) electrons. The van der Waals surface area contributed by atoms with Gasteiger partial charge >= 0.3 is 0 Å². The molecule has 118 valence electrons. The predicted octanol–water partition coefficient (Wildman–Crippen LogP) is 5.15. The van der Waals surface area contributed by atoms with Gasteiger partial charge in [-0.2, -0.15) is 0 Å². The monoisotopic (exact) mass is 313 g/mol. The first-order valence-corrected chi connectivity index (χ1v) is 8.17. The summed E-state index contributed by atoms with van der Waals surface area (Å²) in [7, 11) is 0. The molecular weight excluding hydrogens is 294 g/mol. The van der Waals surface area contributed by atoms with Gasteiger partial charge < -0.3 is 10.3 Å². The van der Waals surface area contributed by atoms with Gasteiger partial charge in [-0.05, 0) is 55.0 Å². The Morgan fingerprint density at radius 1 is 0.917 bits per heavy atom. The number of aromatic nitrogens is 1. The van der Waals surface area contributed by atoms with E-state index >= 15 is 0 Å². The van der Waals surface area contributed by atoms with Crippen LogP contribution in [-0.4, -0.2) is 10.8 Å². The molecule has 0 unspecified atom stereocenters. The maximum atomic E-state index is 5.71. The van der Waals surface area contributed by atoms with Crippen molar-refractivity contribution in [3.63, 3.8) is 0 Å². The molecule has 0 saturated heterocycles. The number of nitrogens with two attached hydrogens (primary N) is 1. The van der Waals surface area contributed by atoms with Crippen LogP contribution in [0.25, 0.3) is 21.8 Å². The van der Waals surface area contributed by atoms with Crippen molar-refractivity contribution in [2.24, 2.45) is 4.99 Å². The second kappa shape index (κ2) is 5.85. The molecule has 0 fully saturated rings. The third-order valence-electron chi connectivity index (χ3n) is 4.37. The maximum Gasteiger partial charge on any atom is 0.0631 e. The van der Waals surface area contributed by atoms with E-state index in [9.17, 15) is 0 Å². The van der Waals surface area contributed by atoms with Crippen molar-refractivity contribution in [1.82, 2.24) is 4.57 Å². The maximum absolute atomic E-state index is 5.71. The van der Waals surface area contributed by atoms with Crippen LogP contribution >= 0.6 is 0 Å². The van der Waals surface area contributed by atoms with Crippen LogP contribution in [-0.2, 0) is 6.54 Å². The van der Waals surface area contributed by atoms with Gasteiger partial charge in [0.05, 0.1) is 5.69 Å². The number of para-hydroxylation sites is 1. The summed E-state index contributed by atoms with van der Waals surface area (Å²) in [4.78, 5) is 4.54. The van der Waals surface area contributed by atoms with Gasteiger partial charge in [-0.3, -0.25) is 4.99 Å². The van der Waals surface area contributed by atoms with Crippen molar-refractivity contribution >= 4 is 39.4 Å². The Morgan fingerprint density at radius 2 is 1.67 bits per heavy atom. The van der Waals surface area contributed by atoms with Crippen molar-refractivity contribution in [2.75, 3.05) is 5.73 Å². The standard InChI is InChI=1S/C21H19N3/c1-2-24-20-6-4-3-5-18(20)19-13-15(7-12-21(19)24)14-23-17-10-8-16(22)9-11-17/h3-14H,2,22H2,1H3. The fraction of sp³-hybridized carbons (Fsp3) is 0.0952. The van der Waals surface area contributed by atoms with Crippen molar-refractivity contribution in [3.8, 4) is 0 Å². The number of nitrogen functional groups attached to an aromatic ring is 1. The van der Waals surface area contributed by atoms with Crippen molar-refractivity contribution in [2.45, 2.75) is 13.5 Å². The van der Waals surface area contributed by atoms with Gasteiger partial charge in [-0.25, -0.2) is 0 Å². The molecule has 0 spiro atoms. The second-order valence-electron chi connectivity index (χ2n) is 5.89. The number of nitrogens with zero attached hydrogens (tertiary/aromatic N) is 2. The van der Waals surface area contributed by atoms with Gasteiger partial charge in [0.15, 0.2) is 0 Å². The molecule has 1 aromatic heterocycles. The number of anilines is 1. The van der Waals surface area contributed by atoms with Gasteiger partial charge in [0.2, 0.25) is 0 Å². The average molecular weight is 313 g/mol. The first-order valence-electron chi connectivity index (χ1n) is 8.17. The van der Waals surface area contributed by atoms with E-state index in [1.165, 1.54) is 21.8 Å². The van der Waals surface area contributed by atoms with Gasteiger partial charge in [0.25, 0.3) is 0 Å². The Morgan fingerprint density at radius 3 is 2.46 bits per heavy atom. The van der Waals surface area contributed by atoms with E-state index in [0.29, 0.717) is 0 Å². The zero-order valence-corrected chi connectivity index (χ0v) is 13.6. The zero-order valence-electron chi connectivity index (χ0n) is 13.6. The molecule has 3 aromatic carbocycles. The molecule has 0 aliphatic rings. The molecule has 0 saturated carbocycles. The lowest BCUT2D eigenvalue weighted by atomic mass is 10.1. The number of aliphatic imine (C=N–C) groups is 1. The summed E-state index contributed by atoms with van der Waals surface area (Å²) in [6.07, 6.45) is 1.91. The summed E-state index contributed by atoms with van der Waals surface area (Å²) in [5.74, 6) is 0. The number of benzene rings is 3. The van der Waals surface area contributed by atoms with Crippen LogP contribution in [0.15, 0.2) is 71.7 Å². The smallest absolute Gasteiger partial charge is 0.0631 e. The molecular formula is C21H19N3. The molecule has 0 amide bonds. The van der Waals surface area contributed by atoms with Gasteiger partial charge in [0, 0.05) is 40.3 Å². The number of aryl methyl sites for hydroxylation is 1. The number of rotatable bonds is 3. The van der Waals surface area contributed by atoms with E-state index in [0.717, 1.165) is 23.5 Å². The molecule has 0 aliphatic heterocycles. The fourth-order valence-corrected chi connectivity index (χ4v) is 3.20. The van der Waals surface area contributed by atoms with Crippen LogP contribution in [0.4, 0.5) is 11.4 Å². The highest BCUT2D eigenvalue weighted by molar-refractivity contribution is 6.09. The van der Waals surface area contributed by atoms with Gasteiger partial charge in [-0.15, -0.1) is 0 Å². The third-order valence-corrected chi connectivity index (χ3v) is 4.37. The Bertz CT molecular complexity index is 1040. The van der Waals surface area contributed by atoms with E-state index < -0.39 is 0 Å². The molecule has 0 atom stereocenters. The van der Waals surface area contributed by atoms with Crippen molar-refractivity contribution in [3.05, 3.63) is 72.3 Å². The van der Waals surface area contributed by atoms with Crippen molar-refractivity contribution in [1.29, 1.82) is 0 Å². The fourth-order valence-electron chi connectivity index (χ4n) is 3.20. The molecule has 4 aromatic rings. The van der Waals surface area contributed by atoms with Crippen LogP contribution in [0.3, 0.4) is 0 Å². The third kappa shape index (κ3) is 2.44. The normalized spacial score (nSPS) is 11.7. The van der Waals surface area contributed by atoms with E-state index in [1.54, 1.807) is 0 Å². The average Bonchev–Trinajstić information content (AvgIpc) is 2.94. The van der Waals surface area contributed by atoms with Crippen LogP contribution < -0.4 is 5.73 Å². The summed E-state index contributed by atoms with van der Waals surface area (Å²) >= 11 is 0. The highest BCUT2D eigenvalue weighted by atomic mass is 15.0. The summed E-state index contributed by atoms with van der Waals surface area (Å²) in [6.45, 7) is 3.14. The minimum atomic E-state index is 0.753. The van der Waals surface area contributed by atoms with E-state index in [4.69, 9.17) is 5.73 Å². The molecule has 3 heteroatoms. The Balaban J connectivity index is 1.80. The SMILES string of the molecule is CCn1c2ccccc2c2cc(C=Nc3ccc(N)cc3)ccc21. The molecule has 0 bridgehead atoms. The van der Waals surface area contributed by atoms with E-state index in [1.807, 2.05) is 30.5 Å². The number of fused-ring (bicyclic) bond motifs is 3. The van der Waals surface area contributed by atoms with E-state index in [2.05, 4.69) is 58.9 Å². The van der Waals surface area contributed by atoms with Crippen molar-refractivity contribution < 1.29 is 0 Å². The van der Waals surface area contributed by atoms with E-state index in [-0.39, 0.29) is 0 Å². The van der Waals surface area contributed by atoms with Gasteiger partial charge in [0.1, 0.15) is 0 Å². The Labute approximate surface area is 141 Å². The first kappa shape index (κ1) is 14.5. The predicted molar refractivity (Wildman–Crippen MR) is 103 cm³/mol. The van der Waals surface area contributed by atoms with Crippen LogP contribution in [0.2, 0.25) is 0 Å². The minimum absolute atomic E-state index is 0.753. The Kier molecular flexibility index (Phi) is 3.54. The lowest BCUT2D eigenvalue weighted by molar-refractivity contribution is 0.827. The molecule has 1 heterocycles. The first-order chi connectivity index (χ1) is 11.8. The summed E-state index contributed by atoms with van der Waals surface area (Å²) in [5.41, 5.74) is 11.0. The summed E-state index contributed by atoms with van der Waals surface area (Å²) in [5, 5.41) is 2.56. The molecule has 0 aliphatic carbocycles. The topological polar surface area (TPSA) is 43.3 Å². The molecule has 2 N–H and O–H groups in total. The number of hydrogen-bond donors (Lipinski definition) is 1. The molecule has 3 nitrogen and oxygen atoms in total. The van der Waals surface area contributed by atoms with Crippen LogP contribution in [0.1, 0.15) is 12.5 Å².